The van der Waals surface area contributed by atoms with E-state index in [-0.39, 0.29) is 5.76 Å². The third-order valence-electron chi connectivity index (χ3n) is 4.16. The lowest BCUT2D eigenvalue weighted by Crippen LogP contribution is -2.74. The number of nitrogens with one attached hydrogen (secondary N) is 1. The average Bonchev–Trinajstić information content (AvgIpc) is 2.64. The molecule has 0 radical (unpaired) electrons. The molecule has 0 aromatic heterocycles. The highest BCUT2D eigenvalue weighted by atomic mass is 32.2. The van der Waals surface area contributed by atoms with Crippen LogP contribution in [0.3, 0.4) is 0 Å². The Kier molecular flexibility index (Phi) is 4.69. The van der Waals surface area contributed by atoms with E-state index in [9.17, 15) is 19.5 Å². The number of carboxylic acids is 1. The second-order valence-electron chi connectivity index (χ2n) is 5.61. The summed E-state index contributed by atoms with van der Waals surface area (Å²) in [7, 11) is 1.35. The minimum atomic E-state index is -1.18. The van der Waals surface area contributed by atoms with Gasteiger partial charge in [0.05, 0.1) is 7.11 Å². The maximum absolute atomic E-state index is 12.4. The van der Waals surface area contributed by atoms with E-state index >= 15 is 0 Å². The van der Waals surface area contributed by atoms with Crippen molar-refractivity contribution >= 4 is 29.5 Å². The van der Waals surface area contributed by atoms with Crippen molar-refractivity contribution < 1.29 is 24.2 Å². The number of β-lactam (4-membered cyclic amide) rings is 1. The molecule has 2 aliphatic rings. The molecular formula is C16H17N3O5S. The van der Waals surface area contributed by atoms with Crippen molar-refractivity contribution in [3.8, 4) is 0 Å². The number of nitrogens with zero attached hydrogens (tertiary/aromatic N) is 1. The van der Waals surface area contributed by atoms with Crippen LogP contribution >= 0.6 is 11.8 Å². The zero-order chi connectivity index (χ0) is 18.1. The maximum Gasteiger partial charge on any atom is 0.334 e. The number of nitrogens with two attached hydrogens (primary N) is 1. The monoisotopic (exact) mass is 363 g/mol. The lowest BCUT2D eigenvalue weighted by Gasteiger charge is -2.50. The number of carbonyl (C=O) groups excluding carboxylic acids is 2. The lowest BCUT2D eigenvalue weighted by molar-refractivity contribution is -0.161. The molecule has 3 rings (SSSR count). The summed E-state index contributed by atoms with van der Waals surface area (Å²) in [6.07, 6.45) is 0. The van der Waals surface area contributed by atoms with Gasteiger partial charge < -0.3 is 25.8 Å². The van der Waals surface area contributed by atoms with Gasteiger partial charge in [-0.2, -0.15) is 0 Å². The Morgan fingerprint density at radius 2 is 2.04 bits per heavy atom. The van der Waals surface area contributed by atoms with Crippen LogP contribution < -0.4 is 11.1 Å². The molecule has 4 N–H and O–H groups in total. The summed E-state index contributed by atoms with van der Waals surface area (Å²) < 4.78 is 5.04. The van der Waals surface area contributed by atoms with Gasteiger partial charge in [0.2, 0.25) is 11.8 Å². The van der Waals surface area contributed by atoms with Gasteiger partial charge in [-0.05, 0) is 5.56 Å². The van der Waals surface area contributed by atoms with Gasteiger partial charge in [0.1, 0.15) is 23.2 Å². The molecule has 1 fully saturated rings. The molecule has 0 spiro atoms. The van der Waals surface area contributed by atoms with Crippen LogP contribution in [0.2, 0.25) is 0 Å². The molecule has 4 atom stereocenters. The van der Waals surface area contributed by atoms with E-state index in [1.54, 1.807) is 29.7 Å². The number of hydrogen-bond acceptors (Lipinski definition) is 6. The first kappa shape index (κ1) is 17.3. The molecule has 1 saturated heterocycles. The molecule has 2 aliphatic heterocycles. The molecule has 0 unspecified atom stereocenters. The van der Waals surface area contributed by atoms with Crippen molar-refractivity contribution in [2.45, 2.75) is 23.5 Å². The number of benzene rings is 1. The predicted molar refractivity (Wildman–Crippen MR) is 90.0 cm³/mol. The fraction of sp³-hybridized carbons (Fsp3) is 0.312. The van der Waals surface area contributed by atoms with Crippen molar-refractivity contribution in [2.75, 3.05) is 7.11 Å². The molecule has 0 aliphatic carbocycles. The van der Waals surface area contributed by atoms with Crippen LogP contribution in [0.1, 0.15) is 11.6 Å². The van der Waals surface area contributed by atoms with E-state index in [4.69, 9.17) is 10.5 Å². The van der Waals surface area contributed by atoms with Gasteiger partial charge in [-0.15, -0.1) is 11.8 Å². The van der Waals surface area contributed by atoms with Gasteiger partial charge in [-0.3, -0.25) is 9.59 Å². The number of amides is 2. The number of carbonyl (C=O) groups is 3. The molecule has 2 amide bonds. The van der Waals surface area contributed by atoms with Crippen LogP contribution in [-0.4, -0.2) is 52.4 Å². The van der Waals surface area contributed by atoms with Crippen LogP contribution in [0.4, 0.5) is 0 Å². The fourth-order valence-corrected chi connectivity index (χ4v) is 4.03. The number of ether oxygens (including phenoxy) is 1. The SMILES string of the molecule is COC1=CS[C@H]2[C@H](NC(=O)[C@@H](N)c3ccccc3)C(=O)N2[C@H]1C(=O)O. The van der Waals surface area contributed by atoms with Gasteiger partial charge in [0, 0.05) is 5.41 Å². The second kappa shape index (κ2) is 6.77. The lowest BCUT2D eigenvalue weighted by atomic mass is 10.0. The van der Waals surface area contributed by atoms with Gasteiger partial charge >= 0.3 is 5.97 Å². The Balaban J connectivity index is 1.72. The van der Waals surface area contributed by atoms with Crippen molar-refractivity contribution in [1.29, 1.82) is 0 Å². The van der Waals surface area contributed by atoms with Crippen molar-refractivity contribution in [3.63, 3.8) is 0 Å². The van der Waals surface area contributed by atoms with E-state index in [2.05, 4.69) is 5.32 Å². The maximum atomic E-state index is 12.4. The highest BCUT2D eigenvalue weighted by molar-refractivity contribution is 8.02. The normalized spacial score (nSPS) is 26.0. The highest BCUT2D eigenvalue weighted by Gasteiger charge is 2.56. The number of hydrogen-bond donors (Lipinski definition) is 3. The molecule has 1 aromatic carbocycles. The zero-order valence-electron chi connectivity index (χ0n) is 13.3. The first-order chi connectivity index (χ1) is 12.0. The third kappa shape index (κ3) is 2.96. The van der Waals surface area contributed by atoms with Crippen LogP contribution in [0, 0.1) is 0 Å². The fourth-order valence-electron chi connectivity index (χ4n) is 2.83. The molecule has 0 saturated carbocycles. The summed E-state index contributed by atoms with van der Waals surface area (Å²) in [5.41, 5.74) is 6.56. The van der Waals surface area contributed by atoms with E-state index in [0.29, 0.717) is 5.56 Å². The Morgan fingerprint density at radius 3 is 2.64 bits per heavy atom. The first-order valence-electron chi connectivity index (χ1n) is 7.51. The van der Waals surface area contributed by atoms with E-state index in [0.717, 1.165) is 0 Å². The summed E-state index contributed by atoms with van der Waals surface area (Å²) in [5.74, 6) is -1.95. The first-order valence-corrected chi connectivity index (χ1v) is 8.45. The largest absolute Gasteiger partial charge is 0.498 e. The highest BCUT2D eigenvalue weighted by Crippen LogP contribution is 2.40. The van der Waals surface area contributed by atoms with Crippen LogP contribution in [-0.2, 0) is 19.1 Å². The van der Waals surface area contributed by atoms with E-state index in [1.165, 1.54) is 23.8 Å². The summed E-state index contributed by atoms with van der Waals surface area (Å²) in [5, 5.41) is 13.0. The van der Waals surface area contributed by atoms with Crippen LogP contribution in [0.25, 0.3) is 0 Å². The predicted octanol–water partition coefficient (Wildman–Crippen LogP) is 0.0273. The number of thioether (sulfide) groups is 1. The van der Waals surface area contributed by atoms with Gasteiger partial charge in [-0.1, -0.05) is 30.3 Å². The standard InChI is InChI=1S/C16H17N3O5S/c1-24-9-7-25-15-11(14(21)19(15)12(9)16(22)23)18-13(20)10(17)8-5-3-2-4-6-8/h2-7,10-12,15H,17H2,1H3,(H,18,20)(H,22,23)/t10-,11+,12+,15-/m0/s1. The van der Waals surface area contributed by atoms with E-state index in [1.807, 2.05) is 6.07 Å². The van der Waals surface area contributed by atoms with Crippen molar-refractivity contribution in [2.24, 2.45) is 5.73 Å². The Labute approximate surface area is 148 Å². The number of rotatable bonds is 5. The number of fused-ring (bicyclic) bond motifs is 1. The summed E-state index contributed by atoms with van der Waals surface area (Å²) in [6, 6.07) is 5.89. The molecule has 2 heterocycles. The Morgan fingerprint density at radius 1 is 1.36 bits per heavy atom. The topological polar surface area (TPSA) is 122 Å². The average molecular weight is 363 g/mol. The molecule has 132 valence electrons. The molecular weight excluding hydrogens is 346 g/mol. The Bertz CT molecular complexity index is 739. The van der Waals surface area contributed by atoms with Gasteiger partial charge in [0.25, 0.3) is 0 Å². The molecule has 9 heteroatoms. The third-order valence-corrected chi connectivity index (χ3v) is 5.31. The van der Waals surface area contributed by atoms with Gasteiger partial charge in [0.15, 0.2) is 6.04 Å². The number of aliphatic carboxylic acids is 1. The molecule has 25 heavy (non-hydrogen) atoms. The zero-order valence-corrected chi connectivity index (χ0v) is 14.1. The van der Waals surface area contributed by atoms with E-state index < -0.39 is 41.3 Å². The summed E-state index contributed by atoms with van der Waals surface area (Å²) >= 11 is 1.23. The molecule has 0 bridgehead atoms. The van der Waals surface area contributed by atoms with Gasteiger partial charge in [-0.25, -0.2) is 4.79 Å². The van der Waals surface area contributed by atoms with Crippen LogP contribution in [0.5, 0.6) is 0 Å². The molecule has 1 aromatic rings. The van der Waals surface area contributed by atoms with Crippen LogP contribution in [0.15, 0.2) is 41.5 Å². The minimum Gasteiger partial charge on any atom is -0.498 e. The minimum absolute atomic E-state index is 0.188. The second-order valence-corrected chi connectivity index (χ2v) is 6.60. The summed E-state index contributed by atoms with van der Waals surface area (Å²) in [4.78, 5) is 37.4. The van der Waals surface area contributed by atoms with Crippen molar-refractivity contribution in [1.82, 2.24) is 10.2 Å². The van der Waals surface area contributed by atoms with Crippen molar-refractivity contribution in [3.05, 3.63) is 47.1 Å². The summed E-state index contributed by atoms with van der Waals surface area (Å²) in [6.45, 7) is 0. The smallest absolute Gasteiger partial charge is 0.334 e. The quantitative estimate of drug-likeness (QED) is 0.631. The number of carboxylic acid groups (broad SMARTS) is 1. The molecule has 8 nitrogen and oxygen atoms in total. The Hall–Kier alpha value is -2.52. The number of methoxy groups -OCH3 is 1.